The van der Waals surface area contributed by atoms with Crippen LogP contribution in [0.4, 0.5) is 0 Å². The molecule has 0 heterocycles. The lowest BCUT2D eigenvalue weighted by atomic mass is 9.51. The van der Waals surface area contributed by atoms with Crippen LogP contribution in [-0.4, -0.2) is 0 Å². The first-order chi connectivity index (χ1) is 11.9. The van der Waals surface area contributed by atoms with Crippen molar-refractivity contribution in [2.75, 3.05) is 0 Å². The molecule has 0 amide bonds. The lowest BCUT2D eigenvalue weighted by molar-refractivity contribution is 0.251. The molecule has 124 valence electrons. The molecule has 2 N–H and O–H groups in total. The summed E-state index contributed by atoms with van der Waals surface area (Å²) in [6.45, 7) is 2.03. The third-order valence-corrected chi connectivity index (χ3v) is 5.80. The van der Waals surface area contributed by atoms with Gasteiger partial charge in [-0.05, 0) is 42.5 Å². The van der Waals surface area contributed by atoms with Crippen LogP contribution in [-0.2, 0) is 0 Å². The molecular weight excluding hydrogens is 332 g/mol. The number of rotatable bonds is 1. The maximum absolute atomic E-state index is 9.82. The van der Waals surface area contributed by atoms with E-state index in [4.69, 9.17) is 17.3 Å². The number of fused-ring (bicyclic) bond motifs is 1. The Balaban J connectivity index is 2.37. The Morgan fingerprint density at radius 2 is 1.80 bits per heavy atom. The summed E-state index contributed by atoms with van der Waals surface area (Å²) in [6, 6.07) is 13.7. The molecule has 1 aromatic carbocycles. The van der Waals surface area contributed by atoms with Crippen molar-refractivity contribution in [3.05, 3.63) is 57.8 Å². The number of hydrogen-bond donors (Lipinski definition) is 1. The third-order valence-electron chi connectivity index (χ3n) is 5.55. The second-order valence-electron chi connectivity index (χ2n) is 6.82. The minimum atomic E-state index is -1.57. The van der Waals surface area contributed by atoms with E-state index < -0.39 is 10.8 Å². The highest BCUT2D eigenvalue weighted by atomic mass is 35.5. The maximum atomic E-state index is 9.82. The smallest absolute Gasteiger partial charge is 0.205 e. The van der Waals surface area contributed by atoms with Crippen LogP contribution in [0, 0.1) is 44.8 Å². The van der Waals surface area contributed by atoms with Crippen molar-refractivity contribution in [2.45, 2.75) is 32.1 Å². The van der Waals surface area contributed by atoms with Gasteiger partial charge >= 0.3 is 0 Å². The molecule has 0 fully saturated rings. The van der Waals surface area contributed by atoms with Crippen molar-refractivity contribution < 1.29 is 0 Å². The van der Waals surface area contributed by atoms with E-state index in [0.717, 1.165) is 30.4 Å². The molecular formula is C20H17ClN4. The summed E-state index contributed by atoms with van der Waals surface area (Å²) in [7, 11) is 0. The zero-order valence-corrected chi connectivity index (χ0v) is 14.6. The van der Waals surface area contributed by atoms with Crippen molar-refractivity contribution in [3.8, 4) is 18.2 Å². The van der Waals surface area contributed by atoms with Crippen LogP contribution >= 0.6 is 11.6 Å². The number of nitrogens with two attached hydrogens (primary N) is 1. The molecule has 1 aromatic rings. The summed E-state index contributed by atoms with van der Waals surface area (Å²) in [6.07, 6.45) is 4.50. The van der Waals surface area contributed by atoms with Gasteiger partial charge in [0.15, 0.2) is 0 Å². The molecule has 2 unspecified atom stereocenters. The summed E-state index contributed by atoms with van der Waals surface area (Å²) < 4.78 is 0. The zero-order valence-electron chi connectivity index (χ0n) is 13.9. The summed E-state index contributed by atoms with van der Waals surface area (Å²) >= 11 is 6.01. The van der Waals surface area contributed by atoms with Gasteiger partial charge in [0.05, 0.1) is 29.5 Å². The predicted octanol–water partition coefficient (Wildman–Crippen LogP) is 4.32. The minimum Gasteiger partial charge on any atom is -0.399 e. The van der Waals surface area contributed by atoms with Gasteiger partial charge in [-0.3, -0.25) is 0 Å². The van der Waals surface area contributed by atoms with Crippen LogP contribution in [0.5, 0.6) is 0 Å². The Hall–Kier alpha value is -2.74. The highest BCUT2D eigenvalue weighted by Gasteiger charge is 2.57. The SMILES string of the molecule is CC12CCCC=C1C(C#N)(C#N)C(N)=C(C#N)C2c1ccc(Cl)cc1. The number of halogens is 1. The first-order valence-electron chi connectivity index (χ1n) is 8.14. The number of benzene rings is 1. The number of nitriles is 3. The summed E-state index contributed by atoms with van der Waals surface area (Å²) in [5, 5.41) is 30.1. The van der Waals surface area contributed by atoms with E-state index >= 15 is 0 Å². The molecule has 2 aliphatic carbocycles. The van der Waals surface area contributed by atoms with Gasteiger partial charge in [0.25, 0.3) is 0 Å². The van der Waals surface area contributed by atoms with Crippen molar-refractivity contribution in [3.63, 3.8) is 0 Å². The number of hydrogen-bond acceptors (Lipinski definition) is 4. The Morgan fingerprint density at radius 3 is 2.36 bits per heavy atom. The van der Waals surface area contributed by atoms with Crippen molar-refractivity contribution in [1.82, 2.24) is 0 Å². The van der Waals surface area contributed by atoms with Gasteiger partial charge in [0.2, 0.25) is 5.41 Å². The highest BCUT2D eigenvalue weighted by Crippen LogP contribution is 2.61. The van der Waals surface area contributed by atoms with E-state index in [1.807, 2.05) is 25.1 Å². The fraction of sp³-hybridized carbons (Fsp3) is 0.350. The van der Waals surface area contributed by atoms with Crippen LogP contribution in [0.3, 0.4) is 0 Å². The average Bonchev–Trinajstić information content (AvgIpc) is 2.62. The molecule has 0 radical (unpaired) electrons. The fourth-order valence-corrected chi connectivity index (χ4v) is 4.49. The molecule has 0 bridgehead atoms. The summed E-state index contributed by atoms with van der Waals surface area (Å²) in [5.41, 5.74) is 6.21. The molecule has 5 heteroatoms. The average molecular weight is 349 g/mol. The standard InChI is InChI=1S/C20H17ClN4/c1-19-9-3-2-4-16(19)20(11-23,12-24)18(25)15(10-22)17(19)13-5-7-14(21)8-6-13/h4-8,17H,2-3,9,25H2,1H3. The predicted molar refractivity (Wildman–Crippen MR) is 94.7 cm³/mol. The van der Waals surface area contributed by atoms with E-state index in [-0.39, 0.29) is 11.6 Å². The molecule has 4 nitrogen and oxygen atoms in total. The number of allylic oxidation sites excluding steroid dienone is 3. The quantitative estimate of drug-likeness (QED) is 0.764. The van der Waals surface area contributed by atoms with E-state index in [1.54, 1.807) is 12.1 Å². The first-order valence-corrected chi connectivity index (χ1v) is 8.51. The lowest BCUT2D eigenvalue weighted by Gasteiger charge is -2.50. The van der Waals surface area contributed by atoms with Gasteiger partial charge in [-0.15, -0.1) is 0 Å². The highest BCUT2D eigenvalue weighted by molar-refractivity contribution is 6.30. The molecule has 0 aromatic heterocycles. The van der Waals surface area contributed by atoms with E-state index in [0.29, 0.717) is 10.6 Å². The van der Waals surface area contributed by atoms with Crippen LogP contribution in [0.1, 0.15) is 37.7 Å². The van der Waals surface area contributed by atoms with Gasteiger partial charge in [-0.25, -0.2) is 0 Å². The van der Waals surface area contributed by atoms with Crippen molar-refractivity contribution in [1.29, 1.82) is 15.8 Å². The van der Waals surface area contributed by atoms with E-state index in [9.17, 15) is 15.8 Å². The second-order valence-corrected chi connectivity index (χ2v) is 7.26. The van der Waals surface area contributed by atoms with E-state index in [1.165, 1.54) is 0 Å². The maximum Gasteiger partial charge on any atom is 0.205 e. The Labute approximate surface area is 152 Å². The molecule has 2 aliphatic rings. The van der Waals surface area contributed by atoms with Gasteiger partial charge in [-0.2, -0.15) is 15.8 Å². The van der Waals surface area contributed by atoms with Gasteiger partial charge in [0.1, 0.15) is 0 Å². The minimum absolute atomic E-state index is 0.0607. The van der Waals surface area contributed by atoms with Crippen LogP contribution in [0.25, 0.3) is 0 Å². The summed E-state index contributed by atoms with van der Waals surface area (Å²) in [4.78, 5) is 0. The van der Waals surface area contributed by atoms with Crippen LogP contribution in [0.2, 0.25) is 5.02 Å². The monoisotopic (exact) mass is 348 g/mol. The second kappa shape index (κ2) is 5.96. The zero-order chi connectivity index (χ0) is 18.2. The van der Waals surface area contributed by atoms with Gasteiger partial charge in [0, 0.05) is 16.4 Å². The first kappa shape index (κ1) is 17.1. The Kier molecular flexibility index (Phi) is 4.08. The number of nitrogens with zero attached hydrogens (tertiary/aromatic N) is 3. The Bertz CT molecular complexity index is 891. The molecule has 25 heavy (non-hydrogen) atoms. The fourth-order valence-electron chi connectivity index (χ4n) is 4.37. The molecule has 0 spiro atoms. The summed E-state index contributed by atoms with van der Waals surface area (Å²) in [5.74, 6) is -0.295. The van der Waals surface area contributed by atoms with Gasteiger partial charge < -0.3 is 5.73 Å². The van der Waals surface area contributed by atoms with Crippen molar-refractivity contribution in [2.24, 2.45) is 16.6 Å². The molecule has 2 atom stereocenters. The van der Waals surface area contributed by atoms with Crippen LogP contribution < -0.4 is 5.73 Å². The molecule has 0 saturated heterocycles. The molecule has 0 aliphatic heterocycles. The molecule has 3 rings (SSSR count). The van der Waals surface area contributed by atoms with E-state index in [2.05, 4.69) is 18.2 Å². The van der Waals surface area contributed by atoms with Crippen LogP contribution in [0.15, 0.2) is 47.2 Å². The van der Waals surface area contributed by atoms with Crippen molar-refractivity contribution >= 4 is 11.6 Å². The topological polar surface area (TPSA) is 97.4 Å². The normalized spacial score (nSPS) is 27.3. The molecule has 0 saturated carbocycles. The Morgan fingerprint density at radius 1 is 1.16 bits per heavy atom. The largest absolute Gasteiger partial charge is 0.399 e. The third kappa shape index (κ3) is 2.25. The van der Waals surface area contributed by atoms with Gasteiger partial charge in [-0.1, -0.05) is 36.7 Å². The lowest BCUT2D eigenvalue weighted by Crippen LogP contribution is -2.46.